The highest BCUT2D eigenvalue weighted by Gasteiger charge is 2.24. The lowest BCUT2D eigenvalue weighted by Gasteiger charge is -2.29. The van der Waals surface area contributed by atoms with Crippen LogP contribution < -0.4 is 16.4 Å². The molecule has 0 bridgehead atoms. The minimum atomic E-state index is -0.486. The van der Waals surface area contributed by atoms with E-state index in [1.54, 1.807) is 42.6 Å². The first-order valence-corrected chi connectivity index (χ1v) is 11.7. The van der Waals surface area contributed by atoms with Gasteiger partial charge in [-0.25, -0.2) is 4.79 Å². The highest BCUT2D eigenvalue weighted by Crippen LogP contribution is 2.28. The van der Waals surface area contributed by atoms with Gasteiger partial charge in [-0.3, -0.25) is 14.6 Å². The van der Waals surface area contributed by atoms with Crippen molar-refractivity contribution in [2.24, 2.45) is 17.6 Å². The predicted octanol–water partition coefficient (Wildman–Crippen LogP) is 3.91. The van der Waals surface area contributed by atoms with Gasteiger partial charge >= 0.3 is 6.09 Å². The van der Waals surface area contributed by atoms with E-state index in [0.29, 0.717) is 41.8 Å². The highest BCUT2D eigenvalue weighted by molar-refractivity contribution is 5.95. The Kier molecular flexibility index (Phi) is 8.26. The minimum absolute atomic E-state index is 0.137. The van der Waals surface area contributed by atoms with Crippen LogP contribution in [0.1, 0.15) is 67.2 Å². The number of ether oxygens (including phenoxy) is 1. The van der Waals surface area contributed by atoms with Gasteiger partial charge in [-0.2, -0.15) is 0 Å². The number of nitrogens with two attached hydrogens (primary N) is 1. The number of carbonyl (C=O) groups is 3. The molecule has 1 aromatic heterocycles. The monoisotopic (exact) mass is 466 g/mol. The van der Waals surface area contributed by atoms with Crippen molar-refractivity contribution in [3.8, 4) is 11.3 Å². The van der Waals surface area contributed by atoms with Crippen molar-refractivity contribution in [3.63, 3.8) is 0 Å². The molecule has 0 saturated heterocycles. The molecule has 8 nitrogen and oxygen atoms in total. The molecule has 182 valence electrons. The molecule has 1 saturated carbocycles. The molecule has 1 aromatic carbocycles. The number of alkyl carbamates (subject to hydrolysis) is 1. The number of carbonyl (C=O) groups excluding carboxylic acids is 3. The maximum atomic E-state index is 12.7. The summed E-state index contributed by atoms with van der Waals surface area (Å²) < 4.78 is 5.37. The van der Waals surface area contributed by atoms with E-state index >= 15 is 0 Å². The molecule has 1 aliphatic rings. The van der Waals surface area contributed by atoms with E-state index < -0.39 is 5.91 Å². The van der Waals surface area contributed by atoms with Crippen LogP contribution in [0.15, 0.2) is 42.6 Å². The summed E-state index contributed by atoms with van der Waals surface area (Å²) in [5.74, 6) is 0.148. The van der Waals surface area contributed by atoms with Crippen molar-refractivity contribution in [3.05, 3.63) is 53.7 Å². The Hall–Kier alpha value is -3.42. The average molecular weight is 467 g/mol. The summed E-state index contributed by atoms with van der Waals surface area (Å²) in [7, 11) is 0. The molecular weight excluding hydrogens is 432 g/mol. The summed E-state index contributed by atoms with van der Waals surface area (Å²) in [4.78, 5) is 40.1. The second-order valence-corrected chi connectivity index (χ2v) is 9.94. The van der Waals surface area contributed by atoms with Crippen LogP contribution >= 0.6 is 0 Å². The van der Waals surface area contributed by atoms with E-state index in [-0.39, 0.29) is 17.5 Å². The largest absolute Gasteiger partial charge is 0.449 e. The molecule has 34 heavy (non-hydrogen) atoms. The third-order valence-corrected chi connectivity index (χ3v) is 5.93. The zero-order valence-corrected chi connectivity index (χ0v) is 20.1. The van der Waals surface area contributed by atoms with E-state index in [2.05, 4.69) is 15.6 Å². The lowest BCUT2D eigenvalue weighted by atomic mass is 9.82. The lowest BCUT2D eigenvalue weighted by Crippen LogP contribution is -2.41. The lowest BCUT2D eigenvalue weighted by molar-refractivity contribution is 0.0915. The van der Waals surface area contributed by atoms with E-state index in [0.717, 1.165) is 31.2 Å². The van der Waals surface area contributed by atoms with Crippen molar-refractivity contribution in [1.29, 1.82) is 0 Å². The molecule has 0 unspecified atom stereocenters. The fraction of sp³-hybridized carbons (Fsp3) is 0.462. The number of amides is 3. The standard InChI is InChI=1S/C26H34N4O4/c1-26(2,3)30-25(33)34-16-18-6-4-17(5-7-18)15-29-24(32)21-12-13-28-22(14-21)19-8-10-20(11-9-19)23(27)31/h8-14,17-18H,4-7,15-16H2,1-3H3,(H2,27,31)(H,29,32)(H,30,33). The molecule has 0 aliphatic heterocycles. The average Bonchev–Trinajstić information content (AvgIpc) is 2.81. The molecule has 1 fully saturated rings. The number of hydrogen-bond acceptors (Lipinski definition) is 5. The minimum Gasteiger partial charge on any atom is -0.449 e. The summed E-state index contributed by atoms with van der Waals surface area (Å²) in [5.41, 5.74) is 7.39. The van der Waals surface area contributed by atoms with Gasteiger partial charge in [-0.05, 0) is 82.6 Å². The molecule has 1 heterocycles. The summed E-state index contributed by atoms with van der Waals surface area (Å²) >= 11 is 0. The number of aromatic nitrogens is 1. The maximum absolute atomic E-state index is 12.7. The topological polar surface area (TPSA) is 123 Å². The number of pyridine rings is 1. The summed E-state index contributed by atoms with van der Waals surface area (Å²) in [6.45, 7) is 6.80. The number of benzene rings is 1. The number of primary amides is 1. The normalized spacial score (nSPS) is 18.1. The van der Waals surface area contributed by atoms with Crippen LogP contribution in [0.25, 0.3) is 11.3 Å². The summed E-state index contributed by atoms with van der Waals surface area (Å²) in [6.07, 6.45) is 5.16. The third kappa shape index (κ3) is 7.57. The van der Waals surface area contributed by atoms with Crippen LogP contribution in [0.4, 0.5) is 4.79 Å². The van der Waals surface area contributed by atoms with Gasteiger partial charge in [0, 0.05) is 35.0 Å². The zero-order valence-electron chi connectivity index (χ0n) is 20.1. The van der Waals surface area contributed by atoms with E-state index in [1.165, 1.54) is 0 Å². The molecule has 1 aliphatic carbocycles. The van der Waals surface area contributed by atoms with Gasteiger partial charge in [0.15, 0.2) is 0 Å². The van der Waals surface area contributed by atoms with Crippen LogP contribution in [-0.4, -0.2) is 41.6 Å². The molecule has 0 atom stereocenters. The quantitative estimate of drug-likeness (QED) is 0.571. The Morgan fingerprint density at radius 2 is 1.65 bits per heavy atom. The molecular formula is C26H34N4O4. The van der Waals surface area contributed by atoms with Crippen LogP contribution in [-0.2, 0) is 4.74 Å². The molecule has 0 radical (unpaired) electrons. The maximum Gasteiger partial charge on any atom is 0.407 e. The highest BCUT2D eigenvalue weighted by atomic mass is 16.5. The van der Waals surface area contributed by atoms with E-state index in [9.17, 15) is 14.4 Å². The van der Waals surface area contributed by atoms with Gasteiger partial charge in [-0.1, -0.05) is 12.1 Å². The second-order valence-electron chi connectivity index (χ2n) is 9.94. The summed E-state index contributed by atoms with van der Waals surface area (Å²) in [6, 6.07) is 10.2. The number of hydrogen-bond donors (Lipinski definition) is 3. The van der Waals surface area contributed by atoms with Gasteiger partial charge < -0.3 is 21.1 Å². The fourth-order valence-electron chi connectivity index (χ4n) is 4.01. The first-order chi connectivity index (χ1) is 16.1. The zero-order chi connectivity index (χ0) is 24.7. The van der Waals surface area contributed by atoms with Crippen LogP contribution in [0.3, 0.4) is 0 Å². The van der Waals surface area contributed by atoms with Crippen molar-refractivity contribution in [2.75, 3.05) is 13.2 Å². The second kappa shape index (κ2) is 11.1. The van der Waals surface area contributed by atoms with Gasteiger partial charge in [0.2, 0.25) is 5.91 Å². The van der Waals surface area contributed by atoms with Crippen LogP contribution in [0, 0.1) is 11.8 Å². The number of nitrogens with zero attached hydrogens (tertiary/aromatic N) is 1. The van der Waals surface area contributed by atoms with Crippen molar-refractivity contribution in [1.82, 2.24) is 15.6 Å². The first-order valence-electron chi connectivity index (χ1n) is 11.7. The van der Waals surface area contributed by atoms with Gasteiger partial charge in [0.05, 0.1) is 12.3 Å². The Bertz CT molecular complexity index is 1010. The van der Waals surface area contributed by atoms with Gasteiger partial charge in [0.25, 0.3) is 5.91 Å². The van der Waals surface area contributed by atoms with Gasteiger partial charge in [-0.15, -0.1) is 0 Å². The Labute approximate surface area is 200 Å². The predicted molar refractivity (Wildman–Crippen MR) is 130 cm³/mol. The molecule has 8 heteroatoms. The van der Waals surface area contributed by atoms with E-state index in [1.807, 2.05) is 20.8 Å². The molecule has 4 N–H and O–H groups in total. The first kappa shape index (κ1) is 25.2. The number of rotatable bonds is 7. The Morgan fingerprint density at radius 1 is 1.00 bits per heavy atom. The molecule has 0 spiro atoms. The Balaban J connectivity index is 1.44. The molecule has 3 rings (SSSR count). The molecule has 2 aromatic rings. The third-order valence-electron chi connectivity index (χ3n) is 5.93. The van der Waals surface area contributed by atoms with Crippen molar-refractivity contribution >= 4 is 17.9 Å². The molecule has 3 amide bonds. The van der Waals surface area contributed by atoms with Crippen molar-refractivity contribution < 1.29 is 19.1 Å². The fourth-order valence-corrected chi connectivity index (χ4v) is 4.01. The van der Waals surface area contributed by atoms with Crippen LogP contribution in [0.5, 0.6) is 0 Å². The Morgan fingerprint density at radius 3 is 2.26 bits per heavy atom. The smallest absolute Gasteiger partial charge is 0.407 e. The van der Waals surface area contributed by atoms with E-state index in [4.69, 9.17) is 10.5 Å². The van der Waals surface area contributed by atoms with Crippen molar-refractivity contribution in [2.45, 2.75) is 52.0 Å². The van der Waals surface area contributed by atoms with Crippen LogP contribution in [0.2, 0.25) is 0 Å². The number of nitrogens with one attached hydrogen (secondary N) is 2. The summed E-state index contributed by atoms with van der Waals surface area (Å²) in [5, 5.41) is 5.84. The van der Waals surface area contributed by atoms with Gasteiger partial charge in [0.1, 0.15) is 0 Å². The SMILES string of the molecule is CC(C)(C)NC(=O)OCC1CCC(CNC(=O)c2ccnc(-c3ccc(C(N)=O)cc3)c2)CC1.